The van der Waals surface area contributed by atoms with Crippen LogP contribution in [-0.2, 0) is 9.53 Å². The second-order valence-corrected chi connectivity index (χ2v) is 5.64. The smallest absolute Gasteiger partial charge is 0.329 e. The fraction of sp³-hybridized carbons (Fsp3) is 0.462. The molecule has 0 spiro atoms. The van der Waals surface area contributed by atoms with Gasteiger partial charge in [0.05, 0.1) is 16.3 Å². The number of carbonyl (C=O) groups is 1. The Morgan fingerprint density at radius 2 is 2.25 bits per heavy atom. The van der Waals surface area contributed by atoms with Crippen LogP contribution < -0.4 is 4.90 Å². The molecule has 0 bridgehead atoms. The van der Waals surface area contributed by atoms with E-state index in [4.69, 9.17) is 9.84 Å². The second kappa shape index (κ2) is 5.72. The molecule has 2 aromatic heterocycles. The first-order chi connectivity index (χ1) is 9.74. The van der Waals surface area contributed by atoms with Gasteiger partial charge in [0.1, 0.15) is 18.8 Å². The zero-order valence-corrected chi connectivity index (χ0v) is 11.7. The van der Waals surface area contributed by atoms with Crippen LogP contribution in [0.15, 0.2) is 17.8 Å². The third kappa shape index (κ3) is 2.73. The van der Waals surface area contributed by atoms with Crippen molar-refractivity contribution in [3.05, 3.63) is 17.8 Å². The lowest BCUT2D eigenvalue weighted by molar-refractivity contribution is -0.144. The summed E-state index contributed by atoms with van der Waals surface area (Å²) in [6, 6.07) is 1.99. The van der Waals surface area contributed by atoms with E-state index in [9.17, 15) is 4.79 Å². The Morgan fingerprint density at radius 3 is 3.00 bits per heavy atom. The average Bonchev–Trinajstić information content (AvgIpc) is 2.94. The molecule has 0 radical (unpaired) electrons. The van der Waals surface area contributed by atoms with Crippen molar-refractivity contribution in [1.29, 1.82) is 0 Å². The third-order valence-corrected chi connectivity index (χ3v) is 4.31. The molecule has 1 aliphatic rings. The second-order valence-electron chi connectivity index (χ2n) is 4.72. The molecule has 6 nitrogen and oxygen atoms in total. The molecule has 106 valence electrons. The number of aromatic nitrogens is 2. The summed E-state index contributed by atoms with van der Waals surface area (Å²) in [4.78, 5) is 21.4. The maximum absolute atomic E-state index is 10.5. The number of piperidine rings is 1. The van der Waals surface area contributed by atoms with Gasteiger partial charge in [-0.25, -0.2) is 14.8 Å². The number of aliphatic carboxylic acids is 1. The zero-order chi connectivity index (χ0) is 13.9. The van der Waals surface area contributed by atoms with Gasteiger partial charge in [-0.15, -0.1) is 11.3 Å². The SMILES string of the molecule is O=C(O)COC1CCN(c2ncnc3ccsc23)CC1. The van der Waals surface area contributed by atoms with Crippen LogP contribution in [0.4, 0.5) is 5.82 Å². The van der Waals surface area contributed by atoms with Crippen molar-refractivity contribution in [3.63, 3.8) is 0 Å². The predicted octanol–water partition coefficient (Wildman–Crippen LogP) is 1.76. The molecule has 1 aliphatic heterocycles. The fourth-order valence-corrected chi connectivity index (χ4v) is 3.29. The molecule has 2 aromatic rings. The van der Waals surface area contributed by atoms with Crippen LogP contribution in [0.5, 0.6) is 0 Å². The Hall–Kier alpha value is -1.73. The van der Waals surface area contributed by atoms with Gasteiger partial charge in [-0.2, -0.15) is 0 Å². The molecular formula is C13H15N3O3S. The number of ether oxygens (including phenoxy) is 1. The molecule has 0 aliphatic carbocycles. The molecule has 0 saturated carbocycles. The van der Waals surface area contributed by atoms with E-state index in [1.54, 1.807) is 17.7 Å². The number of nitrogens with zero attached hydrogens (tertiary/aromatic N) is 3. The topological polar surface area (TPSA) is 75.6 Å². The average molecular weight is 293 g/mol. The maximum atomic E-state index is 10.5. The van der Waals surface area contributed by atoms with Crippen molar-refractivity contribution in [1.82, 2.24) is 9.97 Å². The molecule has 1 saturated heterocycles. The number of thiophene rings is 1. The normalized spacial score (nSPS) is 16.7. The van der Waals surface area contributed by atoms with Gasteiger partial charge in [0, 0.05) is 13.1 Å². The lowest BCUT2D eigenvalue weighted by Gasteiger charge is -2.32. The highest BCUT2D eigenvalue weighted by Gasteiger charge is 2.22. The molecule has 7 heteroatoms. The monoisotopic (exact) mass is 293 g/mol. The summed E-state index contributed by atoms with van der Waals surface area (Å²) in [6.45, 7) is 1.44. The van der Waals surface area contributed by atoms with Gasteiger partial charge in [0.25, 0.3) is 0 Å². The quantitative estimate of drug-likeness (QED) is 0.925. The van der Waals surface area contributed by atoms with E-state index in [0.29, 0.717) is 0 Å². The van der Waals surface area contributed by atoms with Crippen LogP contribution in [0.3, 0.4) is 0 Å². The van der Waals surface area contributed by atoms with Gasteiger partial charge in [-0.3, -0.25) is 0 Å². The molecule has 0 unspecified atom stereocenters. The summed E-state index contributed by atoms with van der Waals surface area (Å²) in [6.07, 6.45) is 3.27. The number of hydrogen-bond acceptors (Lipinski definition) is 6. The molecule has 0 aromatic carbocycles. The van der Waals surface area contributed by atoms with E-state index in [1.807, 2.05) is 11.4 Å². The number of anilines is 1. The van der Waals surface area contributed by atoms with E-state index in [0.717, 1.165) is 42.0 Å². The van der Waals surface area contributed by atoms with Crippen LogP contribution in [0, 0.1) is 0 Å². The highest BCUT2D eigenvalue weighted by molar-refractivity contribution is 7.17. The molecular weight excluding hydrogens is 278 g/mol. The van der Waals surface area contributed by atoms with E-state index in [1.165, 1.54) is 0 Å². The minimum absolute atomic E-state index is 0.0306. The fourth-order valence-electron chi connectivity index (χ4n) is 2.42. The minimum Gasteiger partial charge on any atom is -0.480 e. The Kier molecular flexibility index (Phi) is 3.79. The number of rotatable bonds is 4. The Morgan fingerprint density at radius 1 is 1.45 bits per heavy atom. The van der Waals surface area contributed by atoms with Crippen LogP contribution in [0.2, 0.25) is 0 Å². The largest absolute Gasteiger partial charge is 0.480 e. The zero-order valence-electron chi connectivity index (χ0n) is 10.9. The van der Waals surface area contributed by atoms with Crippen molar-refractivity contribution in [2.24, 2.45) is 0 Å². The first kappa shape index (κ1) is 13.3. The minimum atomic E-state index is -0.913. The highest BCUT2D eigenvalue weighted by atomic mass is 32.1. The highest BCUT2D eigenvalue weighted by Crippen LogP contribution is 2.29. The van der Waals surface area contributed by atoms with Gasteiger partial charge in [0.15, 0.2) is 0 Å². The van der Waals surface area contributed by atoms with Gasteiger partial charge in [-0.1, -0.05) is 0 Å². The van der Waals surface area contributed by atoms with Crippen molar-refractivity contribution >= 4 is 33.3 Å². The number of carboxylic acid groups (broad SMARTS) is 1. The Labute approximate surface area is 120 Å². The van der Waals surface area contributed by atoms with Gasteiger partial charge in [0.2, 0.25) is 0 Å². The maximum Gasteiger partial charge on any atom is 0.329 e. The molecule has 1 N–H and O–H groups in total. The molecule has 0 amide bonds. The summed E-state index contributed by atoms with van der Waals surface area (Å²) in [5, 5.41) is 10.6. The van der Waals surface area contributed by atoms with Crippen molar-refractivity contribution in [2.75, 3.05) is 24.6 Å². The molecule has 3 heterocycles. The van der Waals surface area contributed by atoms with Crippen LogP contribution in [0.25, 0.3) is 10.2 Å². The van der Waals surface area contributed by atoms with E-state index >= 15 is 0 Å². The first-order valence-corrected chi connectivity index (χ1v) is 7.38. The number of fused-ring (bicyclic) bond motifs is 1. The predicted molar refractivity (Wildman–Crippen MR) is 76.2 cm³/mol. The van der Waals surface area contributed by atoms with Gasteiger partial charge < -0.3 is 14.7 Å². The van der Waals surface area contributed by atoms with Crippen molar-refractivity contribution in [3.8, 4) is 0 Å². The first-order valence-electron chi connectivity index (χ1n) is 6.50. The summed E-state index contributed by atoms with van der Waals surface area (Å²) < 4.78 is 6.45. The summed E-state index contributed by atoms with van der Waals surface area (Å²) in [5.74, 6) is 0.0604. The van der Waals surface area contributed by atoms with E-state index in [-0.39, 0.29) is 12.7 Å². The van der Waals surface area contributed by atoms with Crippen molar-refractivity contribution in [2.45, 2.75) is 18.9 Å². The molecule has 20 heavy (non-hydrogen) atoms. The number of hydrogen-bond donors (Lipinski definition) is 1. The Bertz CT molecular complexity index is 608. The lowest BCUT2D eigenvalue weighted by Crippen LogP contribution is -2.38. The Balaban J connectivity index is 1.66. The standard InChI is InChI=1S/C13H15N3O3S/c17-11(18)7-19-9-1-4-16(5-2-9)13-12-10(3-6-20-12)14-8-15-13/h3,6,8-9H,1-2,4-5,7H2,(H,17,18). The lowest BCUT2D eigenvalue weighted by atomic mass is 10.1. The van der Waals surface area contributed by atoms with Crippen LogP contribution in [-0.4, -0.2) is 46.8 Å². The van der Waals surface area contributed by atoms with Crippen LogP contribution in [0.1, 0.15) is 12.8 Å². The van der Waals surface area contributed by atoms with Gasteiger partial charge in [-0.05, 0) is 24.3 Å². The third-order valence-electron chi connectivity index (χ3n) is 3.41. The summed E-state index contributed by atoms with van der Waals surface area (Å²) in [7, 11) is 0. The van der Waals surface area contributed by atoms with E-state index < -0.39 is 5.97 Å². The summed E-state index contributed by atoms with van der Waals surface area (Å²) >= 11 is 1.65. The van der Waals surface area contributed by atoms with Crippen LogP contribution >= 0.6 is 11.3 Å². The molecule has 3 rings (SSSR count). The molecule has 0 atom stereocenters. The number of carboxylic acids is 1. The molecule has 1 fully saturated rings. The van der Waals surface area contributed by atoms with E-state index in [2.05, 4.69) is 14.9 Å². The van der Waals surface area contributed by atoms with Gasteiger partial charge >= 0.3 is 5.97 Å². The summed E-state index contributed by atoms with van der Waals surface area (Å²) in [5.41, 5.74) is 0.976. The van der Waals surface area contributed by atoms with Crippen molar-refractivity contribution < 1.29 is 14.6 Å².